The third kappa shape index (κ3) is 4.58. The van der Waals surface area contributed by atoms with Gasteiger partial charge in [-0.15, -0.1) is 11.3 Å². The van der Waals surface area contributed by atoms with Gasteiger partial charge < -0.3 is 10.6 Å². The van der Waals surface area contributed by atoms with Crippen LogP contribution in [0.1, 0.15) is 24.2 Å². The van der Waals surface area contributed by atoms with Crippen molar-refractivity contribution < 1.29 is 4.79 Å². The lowest BCUT2D eigenvalue weighted by atomic mass is 10.2. The van der Waals surface area contributed by atoms with Gasteiger partial charge in [0, 0.05) is 18.0 Å². The normalized spacial score (nSPS) is 12.0. The number of thiazole rings is 1. The molecule has 0 saturated carbocycles. The number of aromatic nitrogens is 1. The molecule has 8 heteroatoms. The first-order chi connectivity index (χ1) is 10.5. The first-order valence-corrected chi connectivity index (χ1v) is 8.24. The lowest BCUT2D eigenvalue weighted by Crippen LogP contribution is -2.28. The summed E-state index contributed by atoms with van der Waals surface area (Å²) in [6.45, 7) is 2.36. The van der Waals surface area contributed by atoms with Crippen LogP contribution in [0, 0.1) is 0 Å². The minimum atomic E-state index is -0.316. The van der Waals surface area contributed by atoms with E-state index in [-0.39, 0.29) is 12.1 Å². The largest absolute Gasteiger partial charge is 0.334 e. The van der Waals surface area contributed by atoms with Crippen LogP contribution in [0.25, 0.3) is 0 Å². The lowest BCUT2D eigenvalue weighted by molar-refractivity contribution is 0.251. The SMILES string of the molecule is CNC(C)c1csc(NC(=O)NCc2ccc(Cl)c(Cl)c2)n1. The van der Waals surface area contributed by atoms with E-state index in [9.17, 15) is 4.79 Å². The van der Waals surface area contributed by atoms with Crippen LogP contribution < -0.4 is 16.0 Å². The summed E-state index contributed by atoms with van der Waals surface area (Å²) in [6.07, 6.45) is 0. The molecule has 1 aromatic heterocycles. The van der Waals surface area contributed by atoms with Crippen molar-refractivity contribution in [3.05, 3.63) is 44.9 Å². The van der Waals surface area contributed by atoms with Gasteiger partial charge in [-0.05, 0) is 31.7 Å². The fraction of sp³-hybridized carbons (Fsp3) is 0.286. The Balaban J connectivity index is 1.87. The maximum Gasteiger partial charge on any atom is 0.321 e. The van der Waals surface area contributed by atoms with E-state index >= 15 is 0 Å². The molecule has 0 spiro atoms. The minimum Gasteiger partial charge on any atom is -0.334 e. The molecule has 22 heavy (non-hydrogen) atoms. The Bertz CT molecular complexity index is 662. The number of carbonyl (C=O) groups excluding carboxylic acids is 1. The first-order valence-electron chi connectivity index (χ1n) is 6.61. The zero-order chi connectivity index (χ0) is 16.1. The number of hydrogen-bond donors (Lipinski definition) is 3. The van der Waals surface area contributed by atoms with Gasteiger partial charge in [-0.25, -0.2) is 9.78 Å². The van der Waals surface area contributed by atoms with Crippen molar-refractivity contribution in [2.45, 2.75) is 19.5 Å². The van der Waals surface area contributed by atoms with Crippen molar-refractivity contribution in [1.82, 2.24) is 15.6 Å². The summed E-state index contributed by atoms with van der Waals surface area (Å²) in [6, 6.07) is 5.06. The summed E-state index contributed by atoms with van der Waals surface area (Å²) in [7, 11) is 1.86. The van der Waals surface area contributed by atoms with Gasteiger partial charge in [0.2, 0.25) is 0 Å². The van der Waals surface area contributed by atoms with Gasteiger partial charge in [-0.3, -0.25) is 5.32 Å². The van der Waals surface area contributed by atoms with Crippen LogP contribution in [0.2, 0.25) is 10.0 Å². The fourth-order valence-corrected chi connectivity index (χ4v) is 2.78. The standard InChI is InChI=1S/C14H16Cl2N4OS/c1-8(17-2)12-7-22-14(19-12)20-13(21)18-6-9-3-4-10(15)11(16)5-9/h3-5,7-8,17H,6H2,1-2H3,(H2,18,19,20,21). The highest BCUT2D eigenvalue weighted by atomic mass is 35.5. The van der Waals surface area contributed by atoms with Crippen molar-refractivity contribution in [3.63, 3.8) is 0 Å². The van der Waals surface area contributed by atoms with Crippen LogP contribution in [0.4, 0.5) is 9.93 Å². The van der Waals surface area contributed by atoms with E-state index in [0.717, 1.165) is 11.3 Å². The van der Waals surface area contributed by atoms with E-state index < -0.39 is 0 Å². The maximum atomic E-state index is 11.9. The van der Waals surface area contributed by atoms with Gasteiger partial charge in [-0.2, -0.15) is 0 Å². The zero-order valence-electron chi connectivity index (χ0n) is 12.1. The van der Waals surface area contributed by atoms with Crippen LogP contribution in [-0.4, -0.2) is 18.1 Å². The van der Waals surface area contributed by atoms with E-state index in [1.54, 1.807) is 12.1 Å². The van der Waals surface area contributed by atoms with Gasteiger partial charge >= 0.3 is 6.03 Å². The third-order valence-electron chi connectivity index (χ3n) is 3.06. The van der Waals surface area contributed by atoms with Gasteiger partial charge in [-0.1, -0.05) is 29.3 Å². The molecule has 0 aliphatic carbocycles. The van der Waals surface area contributed by atoms with Crippen LogP contribution >= 0.6 is 34.5 Å². The number of hydrogen-bond acceptors (Lipinski definition) is 4. The van der Waals surface area contributed by atoms with Crippen molar-refractivity contribution in [2.75, 3.05) is 12.4 Å². The molecule has 0 aliphatic heterocycles. The smallest absolute Gasteiger partial charge is 0.321 e. The van der Waals surface area contributed by atoms with E-state index in [0.29, 0.717) is 21.7 Å². The Labute approximate surface area is 143 Å². The second kappa shape index (κ2) is 7.78. The van der Waals surface area contributed by atoms with Gasteiger partial charge in [0.15, 0.2) is 5.13 Å². The molecule has 2 aromatic rings. The van der Waals surface area contributed by atoms with Crippen molar-refractivity contribution in [3.8, 4) is 0 Å². The number of carbonyl (C=O) groups is 1. The molecular formula is C14H16Cl2N4OS. The number of nitrogens with one attached hydrogen (secondary N) is 3. The predicted octanol–water partition coefficient (Wildman–Crippen LogP) is 4.05. The molecule has 1 atom stereocenters. The lowest BCUT2D eigenvalue weighted by Gasteiger charge is -2.07. The fourth-order valence-electron chi connectivity index (χ4n) is 1.66. The second-order valence-corrected chi connectivity index (χ2v) is 6.32. The van der Waals surface area contributed by atoms with Crippen molar-refractivity contribution in [1.29, 1.82) is 0 Å². The average molecular weight is 359 g/mol. The molecule has 0 saturated heterocycles. The number of urea groups is 1. The number of amides is 2. The van der Waals surface area contributed by atoms with E-state index in [1.807, 2.05) is 25.4 Å². The van der Waals surface area contributed by atoms with E-state index in [4.69, 9.17) is 23.2 Å². The minimum absolute atomic E-state index is 0.145. The molecule has 0 fully saturated rings. The quantitative estimate of drug-likeness (QED) is 0.755. The Hall–Kier alpha value is -1.34. The van der Waals surface area contributed by atoms with Gasteiger partial charge in [0.1, 0.15) is 0 Å². The monoisotopic (exact) mass is 358 g/mol. The molecule has 3 N–H and O–H groups in total. The molecule has 0 radical (unpaired) electrons. The van der Waals surface area contributed by atoms with Gasteiger partial charge in [0.25, 0.3) is 0 Å². The maximum absolute atomic E-state index is 11.9. The third-order valence-corrected chi connectivity index (χ3v) is 4.57. The highest BCUT2D eigenvalue weighted by molar-refractivity contribution is 7.13. The van der Waals surface area contributed by atoms with Gasteiger partial charge in [0.05, 0.1) is 15.7 Å². The second-order valence-electron chi connectivity index (χ2n) is 4.64. The molecule has 2 amide bonds. The van der Waals surface area contributed by atoms with Crippen LogP contribution in [0.15, 0.2) is 23.6 Å². The number of rotatable bonds is 5. The Morgan fingerprint density at radius 2 is 2.14 bits per heavy atom. The Morgan fingerprint density at radius 1 is 1.36 bits per heavy atom. The zero-order valence-corrected chi connectivity index (χ0v) is 14.4. The summed E-state index contributed by atoms with van der Waals surface area (Å²) in [4.78, 5) is 16.2. The summed E-state index contributed by atoms with van der Waals surface area (Å²) in [5.74, 6) is 0. The Kier molecular flexibility index (Phi) is 6.02. The molecule has 0 bridgehead atoms. The molecule has 5 nitrogen and oxygen atoms in total. The molecule has 1 aromatic carbocycles. The van der Waals surface area contributed by atoms with E-state index in [1.165, 1.54) is 11.3 Å². The predicted molar refractivity (Wildman–Crippen MR) is 91.9 cm³/mol. The molecular weight excluding hydrogens is 343 g/mol. The molecule has 118 valence electrons. The summed E-state index contributed by atoms with van der Waals surface area (Å²) < 4.78 is 0. The summed E-state index contributed by atoms with van der Waals surface area (Å²) >= 11 is 13.2. The average Bonchev–Trinajstić information content (AvgIpc) is 2.96. The highest BCUT2D eigenvalue weighted by Crippen LogP contribution is 2.22. The number of anilines is 1. The molecule has 0 aliphatic rings. The van der Waals surface area contributed by atoms with Crippen LogP contribution in [0.5, 0.6) is 0 Å². The van der Waals surface area contributed by atoms with Crippen molar-refractivity contribution >= 4 is 45.7 Å². The highest BCUT2D eigenvalue weighted by Gasteiger charge is 2.10. The first kappa shape index (κ1) is 17.0. The number of benzene rings is 1. The van der Waals surface area contributed by atoms with E-state index in [2.05, 4.69) is 20.9 Å². The topological polar surface area (TPSA) is 66.0 Å². The molecule has 1 unspecified atom stereocenters. The van der Waals surface area contributed by atoms with Crippen LogP contribution in [-0.2, 0) is 6.54 Å². The Morgan fingerprint density at radius 3 is 2.82 bits per heavy atom. The summed E-state index contributed by atoms with van der Waals surface area (Å²) in [5.41, 5.74) is 1.76. The van der Waals surface area contributed by atoms with Crippen molar-refractivity contribution in [2.24, 2.45) is 0 Å². The number of halogens is 2. The summed E-state index contributed by atoms with van der Waals surface area (Å²) in [5, 5.41) is 12.0. The number of nitrogens with zero attached hydrogens (tertiary/aromatic N) is 1. The van der Waals surface area contributed by atoms with Crippen LogP contribution in [0.3, 0.4) is 0 Å². The molecule has 2 rings (SSSR count). The molecule has 1 heterocycles.